The molecular formula is C31H22. The summed E-state index contributed by atoms with van der Waals surface area (Å²) in [7, 11) is 0. The number of hydrogen-bond donors (Lipinski definition) is 0. The van der Waals surface area contributed by atoms with Crippen LogP contribution in [0.1, 0.15) is 25.0 Å². The van der Waals surface area contributed by atoms with Crippen LogP contribution in [0.25, 0.3) is 54.6 Å². The largest absolute Gasteiger partial charge is 0.0622 e. The van der Waals surface area contributed by atoms with Gasteiger partial charge in [-0.15, -0.1) is 0 Å². The van der Waals surface area contributed by atoms with Crippen molar-refractivity contribution in [2.24, 2.45) is 0 Å². The minimum Gasteiger partial charge on any atom is -0.0622 e. The summed E-state index contributed by atoms with van der Waals surface area (Å²) in [5.74, 6) is 0. The van der Waals surface area contributed by atoms with Gasteiger partial charge in [-0.1, -0.05) is 105 Å². The molecular weight excluding hydrogens is 372 g/mol. The summed E-state index contributed by atoms with van der Waals surface area (Å²) in [5, 5.41) is 8.18. The second kappa shape index (κ2) is 5.74. The molecule has 0 spiro atoms. The highest BCUT2D eigenvalue weighted by molar-refractivity contribution is 6.28. The van der Waals surface area contributed by atoms with Crippen molar-refractivity contribution < 1.29 is 0 Å². The fourth-order valence-corrected chi connectivity index (χ4v) is 5.92. The van der Waals surface area contributed by atoms with Crippen LogP contribution < -0.4 is 0 Å². The second-order valence-corrected chi connectivity index (χ2v) is 9.37. The lowest BCUT2D eigenvalue weighted by molar-refractivity contribution is 0.661. The third-order valence-electron chi connectivity index (χ3n) is 7.41. The molecule has 0 unspecified atom stereocenters. The zero-order valence-corrected chi connectivity index (χ0v) is 17.7. The van der Waals surface area contributed by atoms with Crippen LogP contribution in [0.5, 0.6) is 0 Å². The summed E-state index contributed by atoms with van der Waals surface area (Å²) in [4.78, 5) is 0. The third kappa shape index (κ3) is 2.10. The van der Waals surface area contributed by atoms with Crippen molar-refractivity contribution in [3.8, 4) is 22.3 Å². The molecule has 6 aromatic carbocycles. The summed E-state index contributed by atoms with van der Waals surface area (Å²) in [6, 6.07) is 36.0. The van der Waals surface area contributed by atoms with E-state index in [0.717, 1.165) is 0 Å². The van der Waals surface area contributed by atoms with Crippen LogP contribution >= 0.6 is 0 Å². The summed E-state index contributed by atoms with van der Waals surface area (Å²) in [6.45, 7) is 4.73. The van der Waals surface area contributed by atoms with Gasteiger partial charge >= 0.3 is 0 Å². The quantitative estimate of drug-likeness (QED) is 0.245. The predicted octanol–water partition coefficient (Wildman–Crippen LogP) is 8.56. The first-order valence-corrected chi connectivity index (χ1v) is 11.0. The molecule has 0 heteroatoms. The van der Waals surface area contributed by atoms with Crippen molar-refractivity contribution in [3.63, 3.8) is 0 Å². The van der Waals surface area contributed by atoms with Crippen LogP contribution in [0.15, 0.2) is 97.1 Å². The van der Waals surface area contributed by atoms with E-state index in [9.17, 15) is 0 Å². The van der Waals surface area contributed by atoms with E-state index in [1.807, 2.05) is 0 Å². The van der Waals surface area contributed by atoms with Gasteiger partial charge < -0.3 is 0 Å². The Morgan fingerprint density at radius 2 is 1.19 bits per heavy atom. The van der Waals surface area contributed by atoms with E-state index in [2.05, 4.69) is 111 Å². The van der Waals surface area contributed by atoms with Crippen molar-refractivity contribution in [2.75, 3.05) is 0 Å². The molecule has 0 fully saturated rings. The molecule has 0 bridgehead atoms. The molecule has 0 nitrogen and oxygen atoms in total. The first-order chi connectivity index (χ1) is 15.1. The van der Waals surface area contributed by atoms with Crippen LogP contribution in [0, 0.1) is 0 Å². The fraction of sp³-hybridized carbons (Fsp3) is 0.0968. The Kier molecular flexibility index (Phi) is 3.16. The van der Waals surface area contributed by atoms with Gasteiger partial charge in [0.25, 0.3) is 0 Å². The molecule has 0 aliphatic heterocycles. The zero-order valence-electron chi connectivity index (χ0n) is 17.7. The first-order valence-electron chi connectivity index (χ1n) is 11.0. The fourth-order valence-electron chi connectivity index (χ4n) is 5.92. The molecule has 0 heterocycles. The van der Waals surface area contributed by atoms with Gasteiger partial charge in [0.05, 0.1) is 0 Å². The Morgan fingerprint density at radius 3 is 2.06 bits per heavy atom. The van der Waals surface area contributed by atoms with Gasteiger partial charge in [0.1, 0.15) is 0 Å². The number of rotatable bonds is 1. The van der Waals surface area contributed by atoms with Crippen molar-refractivity contribution in [1.29, 1.82) is 0 Å². The van der Waals surface area contributed by atoms with Gasteiger partial charge in [-0.05, 0) is 71.8 Å². The topological polar surface area (TPSA) is 0 Å². The lowest BCUT2D eigenvalue weighted by atomic mass is 9.80. The lowest BCUT2D eigenvalue weighted by Crippen LogP contribution is -2.14. The molecule has 1 aliphatic rings. The number of benzene rings is 6. The van der Waals surface area contributed by atoms with Gasteiger partial charge in [0.15, 0.2) is 0 Å². The van der Waals surface area contributed by atoms with E-state index >= 15 is 0 Å². The van der Waals surface area contributed by atoms with Crippen LogP contribution in [0.2, 0.25) is 0 Å². The number of fused-ring (bicyclic) bond motifs is 4. The Labute approximate surface area is 182 Å². The Hall–Kier alpha value is -3.64. The molecule has 146 valence electrons. The molecule has 6 aromatic rings. The first kappa shape index (κ1) is 17.1. The minimum atomic E-state index is 0.0194. The maximum atomic E-state index is 2.45. The van der Waals surface area contributed by atoms with Crippen molar-refractivity contribution in [1.82, 2.24) is 0 Å². The minimum absolute atomic E-state index is 0.0194. The van der Waals surface area contributed by atoms with Gasteiger partial charge in [-0.3, -0.25) is 0 Å². The molecule has 0 aromatic heterocycles. The van der Waals surface area contributed by atoms with Crippen molar-refractivity contribution in [2.45, 2.75) is 19.3 Å². The van der Waals surface area contributed by atoms with Crippen LogP contribution in [0.3, 0.4) is 0 Å². The van der Waals surface area contributed by atoms with Gasteiger partial charge in [-0.25, -0.2) is 0 Å². The monoisotopic (exact) mass is 394 g/mol. The van der Waals surface area contributed by atoms with Gasteiger partial charge in [0, 0.05) is 5.41 Å². The smallest absolute Gasteiger partial charge is 0.0159 e. The zero-order chi connectivity index (χ0) is 20.7. The standard InChI is InChI=1S/C31H22/c1-31(2)26-11-7-6-10-24(26)30-25-17-13-20-12-15-22(19-8-4-3-5-9-19)23-16-14-21(18-27(30)31)29(25)28(20)23/h3-18H,1-2H3. The Bertz CT molecular complexity index is 1630. The average molecular weight is 395 g/mol. The van der Waals surface area contributed by atoms with Crippen LogP contribution in [0.4, 0.5) is 0 Å². The average Bonchev–Trinajstić information content (AvgIpc) is 3.04. The van der Waals surface area contributed by atoms with Crippen LogP contribution in [-0.2, 0) is 5.41 Å². The van der Waals surface area contributed by atoms with E-state index < -0.39 is 0 Å². The SMILES string of the molecule is CC1(C)c2ccccc2-c2c1cc1ccc3c(-c4ccccc4)ccc4ccc2c1c43. The highest BCUT2D eigenvalue weighted by Crippen LogP contribution is 2.53. The maximum absolute atomic E-state index is 2.45. The molecule has 0 N–H and O–H groups in total. The van der Waals surface area contributed by atoms with E-state index in [4.69, 9.17) is 0 Å². The Balaban J connectivity index is 1.68. The summed E-state index contributed by atoms with van der Waals surface area (Å²) in [6.07, 6.45) is 0. The second-order valence-electron chi connectivity index (χ2n) is 9.37. The van der Waals surface area contributed by atoms with Crippen molar-refractivity contribution >= 4 is 32.3 Å². The molecule has 1 aliphatic carbocycles. The normalized spacial score (nSPS) is 14.4. The highest BCUT2D eigenvalue weighted by Gasteiger charge is 2.36. The predicted molar refractivity (Wildman–Crippen MR) is 133 cm³/mol. The van der Waals surface area contributed by atoms with Crippen LogP contribution in [-0.4, -0.2) is 0 Å². The van der Waals surface area contributed by atoms with Crippen molar-refractivity contribution in [3.05, 3.63) is 108 Å². The summed E-state index contributed by atoms with van der Waals surface area (Å²) < 4.78 is 0. The highest BCUT2D eigenvalue weighted by atomic mass is 14.4. The molecule has 0 radical (unpaired) electrons. The Morgan fingerprint density at radius 1 is 0.516 bits per heavy atom. The third-order valence-corrected chi connectivity index (χ3v) is 7.41. The molecule has 0 atom stereocenters. The lowest BCUT2D eigenvalue weighted by Gasteiger charge is -2.23. The molecule has 0 saturated carbocycles. The van der Waals surface area contributed by atoms with Gasteiger partial charge in [0.2, 0.25) is 0 Å². The van der Waals surface area contributed by atoms with E-state index in [0.29, 0.717) is 0 Å². The van der Waals surface area contributed by atoms with E-state index in [-0.39, 0.29) is 5.41 Å². The molecule has 0 saturated heterocycles. The molecule has 7 rings (SSSR count). The van der Waals surface area contributed by atoms with E-state index in [1.165, 1.54) is 65.7 Å². The summed E-state index contributed by atoms with van der Waals surface area (Å²) in [5.41, 5.74) is 8.30. The maximum Gasteiger partial charge on any atom is 0.0159 e. The summed E-state index contributed by atoms with van der Waals surface area (Å²) >= 11 is 0. The molecule has 31 heavy (non-hydrogen) atoms. The molecule has 0 amide bonds. The van der Waals surface area contributed by atoms with Gasteiger partial charge in [-0.2, -0.15) is 0 Å². The number of hydrogen-bond acceptors (Lipinski definition) is 0. The van der Waals surface area contributed by atoms with E-state index in [1.54, 1.807) is 0 Å².